The van der Waals surface area contributed by atoms with Crippen molar-refractivity contribution in [3.63, 3.8) is 0 Å². The number of aromatic nitrogens is 2. The number of carboxylic acid groups (broad SMARTS) is 1. The predicted molar refractivity (Wildman–Crippen MR) is 102 cm³/mol. The lowest BCUT2D eigenvalue weighted by atomic mass is 10.1. The fourth-order valence-corrected chi connectivity index (χ4v) is 3.49. The summed E-state index contributed by atoms with van der Waals surface area (Å²) in [5.74, 6) is -1.70. The smallest absolute Gasteiger partial charge is 0.326 e. The third-order valence-corrected chi connectivity index (χ3v) is 5.14. The average molecular weight is 409 g/mol. The van der Waals surface area contributed by atoms with Gasteiger partial charge >= 0.3 is 5.97 Å². The lowest BCUT2D eigenvalue weighted by Gasteiger charge is -2.13. The predicted octanol–water partition coefficient (Wildman–Crippen LogP) is 2.98. The molecule has 9 nitrogen and oxygen atoms in total. The Morgan fingerprint density at radius 1 is 1.21 bits per heavy atom. The average Bonchev–Trinajstić information content (AvgIpc) is 3.08. The second kappa shape index (κ2) is 9.47. The third kappa shape index (κ3) is 5.64. The lowest BCUT2D eigenvalue weighted by Crippen LogP contribution is -2.18. The maximum absolute atomic E-state index is 12.4. The van der Waals surface area contributed by atoms with Gasteiger partial charge in [0.15, 0.2) is 5.82 Å². The zero-order chi connectivity index (χ0) is 20.7. The first-order valence-electron chi connectivity index (χ1n) is 8.88. The van der Waals surface area contributed by atoms with Crippen LogP contribution in [-0.2, 0) is 14.9 Å². The number of benzene rings is 1. The van der Waals surface area contributed by atoms with Gasteiger partial charge in [-0.3, -0.25) is 9.35 Å². The molecule has 1 aromatic heterocycles. The Labute approximate surface area is 163 Å². The maximum Gasteiger partial charge on any atom is 0.326 e. The van der Waals surface area contributed by atoms with E-state index in [0.29, 0.717) is 6.42 Å². The van der Waals surface area contributed by atoms with Gasteiger partial charge in [0.2, 0.25) is 0 Å². The van der Waals surface area contributed by atoms with Crippen molar-refractivity contribution >= 4 is 27.8 Å². The van der Waals surface area contributed by atoms with Crippen molar-refractivity contribution in [3.05, 3.63) is 42.4 Å². The monoisotopic (exact) mass is 409 g/mol. The zero-order valence-corrected chi connectivity index (χ0v) is 16.2. The van der Waals surface area contributed by atoms with Gasteiger partial charge in [0, 0.05) is 6.20 Å². The van der Waals surface area contributed by atoms with Gasteiger partial charge in [-0.25, -0.2) is 9.78 Å². The van der Waals surface area contributed by atoms with Crippen LogP contribution in [0.3, 0.4) is 0 Å². The van der Waals surface area contributed by atoms with Crippen LogP contribution in [-0.4, -0.2) is 39.5 Å². The van der Waals surface area contributed by atoms with Crippen molar-refractivity contribution in [1.82, 2.24) is 9.55 Å². The number of carbonyl (C=O) groups excluding carboxylic acids is 1. The van der Waals surface area contributed by atoms with Gasteiger partial charge in [0.05, 0.1) is 11.9 Å². The van der Waals surface area contributed by atoms with E-state index in [1.54, 1.807) is 0 Å². The van der Waals surface area contributed by atoms with Gasteiger partial charge in [0.1, 0.15) is 10.9 Å². The molecule has 0 aliphatic carbocycles. The molecule has 2 aromatic rings. The molecule has 0 unspecified atom stereocenters. The molecule has 1 aromatic carbocycles. The van der Waals surface area contributed by atoms with Crippen LogP contribution >= 0.6 is 0 Å². The maximum atomic E-state index is 12.4. The van der Waals surface area contributed by atoms with Gasteiger partial charge in [0.25, 0.3) is 16.0 Å². The fourth-order valence-electron chi connectivity index (χ4n) is 2.80. The Morgan fingerprint density at radius 2 is 1.93 bits per heavy atom. The Hall–Kier alpha value is -2.72. The van der Waals surface area contributed by atoms with Crippen LogP contribution < -0.4 is 5.32 Å². The fraction of sp³-hybridized carbons (Fsp3) is 0.389. The molecule has 28 heavy (non-hydrogen) atoms. The minimum Gasteiger partial charge on any atom is -0.480 e. The van der Waals surface area contributed by atoms with Crippen LogP contribution in [0.25, 0.3) is 0 Å². The number of imidazole rings is 1. The Balaban J connectivity index is 2.14. The molecular formula is C18H23N3O6S. The van der Waals surface area contributed by atoms with E-state index >= 15 is 0 Å². The molecule has 0 fully saturated rings. The van der Waals surface area contributed by atoms with E-state index < -0.39 is 32.9 Å². The summed E-state index contributed by atoms with van der Waals surface area (Å²) in [5.41, 5.74) is -0.242. The number of nitrogens with zero attached hydrogens (tertiary/aromatic N) is 2. The molecule has 1 amide bonds. The molecule has 0 aliphatic rings. The largest absolute Gasteiger partial charge is 0.480 e. The number of anilines is 1. The van der Waals surface area contributed by atoms with E-state index in [0.717, 1.165) is 31.7 Å². The number of carbonyl (C=O) groups is 2. The summed E-state index contributed by atoms with van der Waals surface area (Å²) in [6, 6.07) is 4.40. The van der Waals surface area contributed by atoms with E-state index in [1.165, 1.54) is 35.3 Å². The number of carboxylic acids is 1. The van der Waals surface area contributed by atoms with Crippen LogP contribution in [0.2, 0.25) is 0 Å². The van der Waals surface area contributed by atoms with E-state index in [9.17, 15) is 27.7 Å². The second-order valence-corrected chi connectivity index (χ2v) is 7.72. The molecule has 152 valence electrons. The number of unbranched alkanes of at least 4 members (excludes halogenated alkanes) is 3. The number of hydrogen-bond acceptors (Lipinski definition) is 5. The molecule has 2 rings (SSSR count). The van der Waals surface area contributed by atoms with Gasteiger partial charge in [-0.15, -0.1) is 0 Å². The zero-order valence-electron chi connectivity index (χ0n) is 15.4. The van der Waals surface area contributed by atoms with Crippen molar-refractivity contribution in [1.29, 1.82) is 0 Å². The molecular weight excluding hydrogens is 386 g/mol. The first-order chi connectivity index (χ1) is 13.2. The van der Waals surface area contributed by atoms with E-state index in [4.69, 9.17) is 0 Å². The summed E-state index contributed by atoms with van der Waals surface area (Å²) in [5, 5.41) is 11.9. The highest BCUT2D eigenvalue weighted by atomic mass is 32.2. The molecule has 0 aliphatic heterocycles. The molecule has 1 atom stereocenters. The molecule has 1 heterocycles. The van der Waals surface area contributed by atoms with Crippen LogP contribution in [0.4, 0.5) is 5.82 Å². The van der Waals surface area contributed by atoms with Crippen molar-refractivity contribution in [2.24, 2.45) is 0 Å². The highest BCUT2D eigenvalue weighted by Crippen LogP contribution is 2.20. The molecule has 0 spiro atoms. The molecule has 0 saturated carbocycles. The molecule has 0 saturated heterocycles. The first-order valence-corrected chi connectivity index (χ1v) is 10.3. The summed E-state index contributed by atoms with van der Waals surface area (Å²) in [6.45, 7) is 2.07. The van der Waals surface area contributed by atoms with Crippen LogP contribution in [0.15, 0.2) is 41.7 Å². The van der Waals surface area contributed by atoms with E-state index in [-0.39, 0.29) is 11.4 Å². The SMILES string of the molecule is CCCCCC[C@H](C(=O)O)n1cnc(NC(=O)c2ccccc2S(=O)(=O)O)c1. The molecule has 10 heteroatoms. The number of amides is 1. The number of aliphatic carboxylic acids is 1. The number of hydrogen-bond donors (Lipinski definition) is 3. The highest BCUT2D eigenvalue weighted by molar-refractivity contribution is 7.86. The summed E-state index contributed by atoms with van der Waals surface area (Å²) in [7, 11) is -4.57. The Morgan fingerprint density at radius 3 is 2.57 bits per heavy atom. The summed E-state index contributed by atoms with van der Waals surface area (Å²) in [4.78, 5) is 27.4. The molecule has 3 N–H and O–H groups in total. The second-order valence-electron chi connectivity index (χ2n) is 6.33. The van der Waals surface area contributed by atoms with Crippen LogP contribution in [0, 0.1) is 0 Å². The van der Waals surface area contributed by atoms with Gasteiger partial charge < -0.3 is 15.0 Å². The van der Waals surface area contributed by atoms with Crippen LogP contribution in [0.5, 0.6) is 0 Å². The number of rotatable bonds is 10. The minimum absolute atomic E-state index is 0.0787. The van der Waals surface area contributed by atoms with Gasteiger partial charge in [-0.05, 0) is 18.6 Å². The van der Waals surface area contributed by atoms with Gasteiger partial charge in [-0.2, -0.15) is 8.42 Å². The van der Waals surface area contributed by atoms with Crippen molar-refractivity contribution < 1.29 is 27.7 Å². The normalized spacial score (nSPS) is 12.5. The quantitative estimate of drug-likeness (QED) is 0.405. The minimum atomic E-state index is -4.57. The van der Waals surface area contributed by atoms with Crippen molar-refractivity contribution in [2.75, 3.05) is 5.32 Å². The summed E-state index contributed by atoms with van der Waals surface area (Å²) >= 11 is 0. The van der Waals surface area contributed by atoms with Gasteiger partial charge in [-0.1, -0.05) is 44.7 Å². The molecule has 0 radical (unpaired) electrons. The van der Waals surface area contributed by atoms with Crippen molar-refractivity contribution in [2.45, 2.75) is 50.0 Å². The van der Waals surface area contributed by atoms with E-state index in [1.807, 2.05) is 0 Å². The first kappa shape index (κ1) is 21.6. The van der Waals surface area contributed by atoms with Crippen molar-refractivity contribution in [3.8, 4) is 0 Å². The topological polar surface area (TPSA) is 139 Å². The summed E-state index contributed by atoms with van der Waals surface area (Å²) < 4.78 is 33.5. The number of nitrogens with one attached hydrogen (secondary N) is 1. The summed E-state index contributed by atoms with van der Waals surface area (Å²) in [6.07, 6.45) is 6.90. The standard InChI is InChI=1S/C18H23N3O6S/c1-2-3-4-5-9-14(18(23)24)21-11-16(19-12-21)20-17(22)13-8-6-7-10-15(13)28(25,26)27/h6-8,10-12,14H,2-5,9H2,1H3,(H,20,22)(H,23,24)(H,25,26,27)/t14-/m1/s1. The Bertz CT molecular complexity index is 938. The Kier molecular flexibility index (Phi) is 7.30. The molecule has 0 bridgehead atoms. The third-order valence-electron chi connectivity index (χ3n) is 4.23. The lowest BCUT2D eigenvalue weighted by molar-refractivity contribution is -0.141. The van der Waals surface area contributed by atoms with E-state index in [2.05, 4.69) is 17.2 Å². The van der Waals surface area contributed by atoms with Crippen LogP contribution in [0.1, 0.15) is 55.4 Å². The highest BCUT2D eigenvalue weighted by Gasteiger charge is 2.22.